The van der Waals surface area contributed by atoms with Crippen LogP contribution >= 0.6 is 15.9 Å². The third-order valence-electron chi connectivity index (χ3n) is 3.92. The first kappa shape index (κ1) is 23.0. The Bertz CT molecular complexity index is 866. The van der Waals surface area contributed by atoms with Gasteiger partial charge in [-0.2, -0.15) is 26.3 Å². The van der Waals surface area contributed by atoms with Crippen molar-refractivity contribution < 1.29 is 45.8 Å². The minimum Gasteiger partial charge on any atom is -0.466 e. The summed E-state index contributed by atoms with van der Waals surface area (Å²) in [7, 11) is 0.994. The molecular formula is C16H13BrF6N2O4. The van der Waals surface area contributed by atoms with Crippen LogP contribution in [0.1, 0.15) is 11.1 Å². The minimum atomic E-state index is -5.13. The number of carbonyl (C=O) groups is 2. The van der Waals surface area contributed by atoms with Crippen molar-refractivity contribution in [3.63, 3.8) is 0 Å². The lowest BCUT2D eigenvalue weighted by Crippen LogP contribution is -2.31. The SMILES string of the molecule is COC(=O)C1=C(Nc2cc(C(F)(F)F)cc(C(F)(F)F)c2Br)C(=O)N(CCO)C1. The van der Waals surface area contributed by atoms with E-state index in [-0.39, 0.29) is 24.7 Å². The normalized spacial score (nSPS) is 15.2. The zero-order chi connectivity index (χ0) is 22.1. The second-order valence-electron chi connectivity index (χ2n) is 5.80. The molecule has 13 heteroatoms. The molecule has 6 nitrogen and oxygen atoms in total. The van der Waals surface area contributed by atoms with Crippen LogP contribution in [0, 0.1) is 0 Å². The van der Waals surface area contributed by atoms with Crippen LogP contribution < -0.4 is 5.32 Å². The monoisotopic (exact) mass is 490 g/mol. The molecule has 0 aliphatic carbocycles. The Morgan fingerprint density at radius 1 is 1.24 bits per heavy atom. The summed E-state index contributed by atoms with van der Waals surface area (Å²) >= 11 is 2.61. The number of nitrogens with zero attached hydrogens (tertiary/aromatic N) is 1. The van der Waals surface area contributed by atoms with E-state index in [1.54, 1.807) is 0 Å². The number of aliphatic hydroxyl groups excluding tert-OH is 1. The van der Waals surface area contributed by atoms with Gasteiger partial charge in [0.05, 0.1) is 47.1 Å². The van der Waals surface area contributed by atoms with Gasteiger partial charge in [0, 0.05) is 6.54 Å². The van der Waals surface area contributed by atoms with Crippen LogP contribution in [0.2, 0.25) is 0 Å². The van der Waals surface area contributed by atoms with E-state index in [4.69, 9.17) is 5.11 Å². The van der Waals surface area contributed by atoms with Crippen LogP contribution in [0.5, 0.6) is 0 Å². The second-order valence-corrected chi connectivity index (χ2v) is 6.59. The van der Waals surface area contributed by atoms with E-state index < -0.39 is 57.8 Å². The molecule has 2 rings (SSSR count). The molecule has 0 unspecified atom stereocenters. The smallest absolute Gasteiger partial charge is 0.417 e. The Labute approximate surface area is 168 Å². The molecule has 0 saturated heterocycles. The van der Waals surface area contributed by atoms with Crippen molar-refractivity contribution in [1.82, 2.24) is 4.90 Å². The first-order valence-corrected chi connectivity index (χ1v) is 8.57. The highest BCUT2D eigenvalue weighted by molar-refractivity contribution is 9.10. The van der Waals surface area contributed by atoms with Gasteiger partial charge in [0.2, 0.25) is 0 Å². The van der Waals surface area contributed by atoms with Crippen LogP contribution in [0.15, 0.2) is 27.9 Å². The first-order chi connectivity index (χ1) is 13.3. The average Bonchev–Trinajstić information content (AvgIpc) is 2.90. The maximum Gasteiger partial charge on any atom is 0.417 e. The van der Waals surface area contributed by atoms with Gasteiger partial charge in [-0.15, -0.1) is 0 Å². The van der Waals surface area contributed by atoms with Crippen LogP contribution in [-0.4, -0.2) is 48.7 Å². The molecule has 2 N–H and O–H groups in total. The average molecular weight is 491 g/mol. The molecule has 0 atom stereocenters. The predicted molar refractivity (Wildman–Crippen MR) is 90.5 cm³/mol. The quantitative estimate of drug-likeness (QED) is 0.489. The molecular weight excluding hydrogens is 478 g/mol. The van der Waals surface area contributed by atoms with Crippen molar-refractivity contribution in [2.75, 3.05) is 32.1 Å². The molecule has 0 spiro atoms. The molecule has 0 bridgehead atoms. The van der Waals surface area contributed by atoms with Gasteiger partial charge in [0.25, 0.3) is 5.91 Å². The maximum absolute atomic E-state index is 13.2. The fraction of sp³-hybridized carbons (Fsp3) is 0.375. The number of hydrogen-bond donors (Lipinski definition) is 2. The van der Waals surface area contributed by atoms with E-state index in [1.165, 1.54) is 0 Å². The third kappa shape index (κ3) is 4.83. The summed E-state index contributed by atoms with van der Waals surface area (Å²) in [4.78, 5) is 25.3. The number of anilines is 1. The number of β-amino-alcohol motifs (C(OH)–C–C–N with tert-alkyl or cyclic N) is 1. The Kier molecular flexibility index (Phi) is 6.52. The molecule has 1 heterocycles. The van der Waals surface area contributed by atoms with Crippen molar-refractivity contribution in [3.05, 3.63) is 39.0 Å². The number of ether oxygens (including phenoxy) is 1. The van der Waals surface area contributed by atoms with Gasteiger partial charge in [-0.05, 0) is 28.1 Å². The number of halogens is 7. The number of nitrogens with one attached hydrogen (secondary N) is 1. The van der Waals surface area contributed by atoms with Gasteiger partial charge < -0.3 is 20.1 Å². The number of esters is 1. The van der Waals surface area contributed by atoms with Crippen LogP contribution in [0.25, 0.3) is 0 Å². The fourth-order valence-electron chi connectivity index (χ4n) is 2.57. The number of amides is 1. The van der Waals surface area contributed by atoms with Gasteiger partial charge in [-0.25, -0.2) is 4.79 Å². The van der Waals surface area contributed by atoms with E-state index in [1.807, 2.05) is 0 Å². The predicted octanol–water partition coefficient (Wildman–Crippen LogP) is 3.16. The van der Waals surface area contributed by atoms with Gasteiger partial charge in [-0.1, -0.05) is 0 Å². The van der Waals surface area contributed by atoms with Crippen LogP contribution in [0.4, 0.5) is 32.0 Å². The molecule has 0 radical (unpaired) electrons. The number of methoxy groups -OCH3 is 1. The highest BCUT2D eigenvalue weighted by Gasteiger charge is 2.40. The Morgan fingerprint density at radius 3 is 2.34 bits per heavy atom. The van der Waals surface area contributed by atoms with E-state index in [0.717, 1.165) is 12.0 Å². The lowest BCUT2D eigenvalue weighted by Gasteiger charge is -2.19. The van der Waals surface area contributed by atoms with Crippen LogP contribution in [-0.2, 0) is 26.7 Å². The van der Waals surface area contributed by atoms with E-state index in [2.05, 4.69) is 26.0 Å². The highest BCUT2D eigenvalue weighted by atomic mass is 79.9. The molecule has 1 aliphatic rings. The molecule has 0 saturated carbocycles. The third-order valence-corrected chi connectivity index (χ3v) is 4.77. The summed E-state index contributed by atoms with van der Waals surface area (Å²) < 4.78 is 82.6. The van der Waals surface area contributed by atoms with Gasteiger partial charge in [0.15, 0.2) is 0 Å². The summed E-state index contributed by atoms with van der Waals surface area (Å²) in [6.07, 6.45) is -10.2. The van der Waals surface area contributed by atoms with Crippen molar-refractivity contribution in [1.29, 1.82) is 0 Å². The Balaban J connectivity index is 2.61. The van der Waals surface area contributed by atoms with E-state index >= 15 is 0 Å². The van der Waals surface area contributed by atoms with Crippen molar-refractivity contribution in [3.8, 4) is 0 Å². The number of alkyl halides is 6. The molecule has 1 aliphatic heterocycles. The second kappa shape index (κ2) is 8.22. The van der Waals surface area contributed by atoms with E-state index in [9.17, 15) is 35.9 Å². The van der Waals surface area contributed by atoms with Gasteiger partial charge >= 0.3 is 18.3 Å². The maximum atomic E-state index is 13.2. The van der Waals surface area contributed by atoms with E-state index in [0.29, 0.717) is 6.07 Å². The van der Waals surface area contributed by atoms with Crippen molar-refractivity contribution in [2.45, 2.75) is 12.4 Å². The summed E-state index contributed by atoms with van der Waals surface area (Å²) in [6.45, 7) is -1.02. The van der Waals surface area contributed by atoms with Crippen molar-refractivity contribution >= 4 is 33.5 Å². The fourth-order valence-corrected chi connectivity index (χ4v) is 3.12. The summed E-state index contributed by atoms with van der Waals surface area (Å²) in [5.41, 5.74) is -4.79. The number of benzene rings is 1. The largest absolute Gasteiger partial charge is 0.466 e. The topological polar surface area (TPSA) is 78.9 Å². The highest BCUT2D eigenvalue weighted by Crippen LogP contribution is 2.43. The Morgan fingerprint density at radius 2 is 1.86 bits per heavy atom. The lowest BCUT2D eigenvalue weighted by atomic mass is 10.1. The molecule has 1 aromatic rings. The number of aliphatic hydroxyl groups is 1. The summed E-state index contributed by atoms with van der Waals surface area (Å²) in [6, 6.07) is 0.308. The standard InChI is InChI=1S/C16H13BrF6N2O4/c1-29-14(28)8-6-25(2-3-26)13(27)12(8)24-10-5-7(15(18,19)20)4-9(11(10)17)16(21,22)23/h4-5,24,26H,2-3,6H2,1H3. The lowest BCUT2D eigenvalue weighted by molar-refractivity contribution is -0.143. The summed E-state index contributed by atoms with van der Waals surface area (Å²) in [5, 5.41) is 11.2. The number of hydrogen-bond acceptors (Lipinski definition) is 5. The first-order valence-electron chi connectivity index (χ1n) is 7.77. The zero-order valence-electron chi connectivity index (χ0n) is 14.5. The zero-order valence-corrected chi connectivity index (χ0v) is 16.1. The molecule has 0 aromatic heterocycles. The van der Waals surface area contributed by atoms with Gasteiger partial charge in [0.1, 0.15) is 5.70 Å². The summed E-state index contributed by atoms with van der Waals surface area (Å²) in [5.74, 6) is -1.89. The number of carbonyl (C=O) groups excluding carboxylic acids is 2. The molecule has 1 aromatic carbocycles. The molecule has 160 valence electrons. The molecule has 1 amide bonds. The van der Waals surface area contributed by atoms with Crippen LogP contribution in [0.3, 0.4) is 0 Å². The Hall–Kier alpha value is -2.28. The van der Waals surface area contributed by atoms with Crippen molar-refractivity contribution in [2.24, 2.45) is 0 Å². The molecule has 29 heavy (non-hydrogen) atoms. The minimum absolute atomic E-state index is 0.0700. The van der Waals surface area contributed by atoms with Gasteiger partial charge in [-0.3, -0.25) is 4.79 Å². The molecule has 0 fully saturated rings. The number of rotatable bonds is 5.